The predicted octanol–water partition coefficient (Wildman–Crippen LogP) is 16.8. The number of hydrogen-bond acceptors (Lipinski definition) is 5. The summed E-state index contributed by atoms with van der Waals surface area (Å²) >= 11 is 0. The van der Waals surface area contributed by atoms with Gasteiger partial charge in [0.05, 0.1) is 11.0 Å². The maximum atomic E-state index is 6.74. The van der Waals surface area contributed by atoms with Gasteiger partial charge in [0.1, 0.15) is 22.3 Å². The van der Waals surface area contributed by atoms with E-state index < -0.39 is 0 Å². The topological polar surface area (TPSA) is 69.9 Å². The van der Waals surface area contributed by atoms with Gasteiger partial charge in [-0.15, -0.1) is 0 Å². The Morgan fingerprint density at radius 2 is 0.797 bits per heavy atom. The zero-order chi connectivity index (χ0) is 45.4. The molecule has 322 valence electrons. The SMILES string of the molecule is c1ccc(-c2ccc(-c3nc(-c4ccccc4)nc(-c4cccc5oc6ccc(-c7cccc8oc9cc(-n%10c%11ccccc%11c%11cc(-c%12ccccc%12)ccc%11%10)ccc9c78)cc6c45)n3)cc2)cc1. The van der Waals surface area contributed by atoms with Crippen LogP contribution in [0.25, 0.3) is 139 Å². The van der Waals surface area contributed by atoms with Crippen LogP contribution in [0, 0.1) is 0 Å². The molecule has 0 fully saturated rings. The standard InChI is InChI=1S/C63H38N4O2/c1-4-14-39(15-5-1)41-26-28-43(29-27-41)62-64-61(42-18-8-3-9-19-42)65-63(66-62)50-22-13-25-57-60(50)52-37-45(31-35-55(52)68-57)47-21-12-24-56-59(47)49-33-32-46(38-58(49)69-56)67-53-23-11-10-20-48(53)51-36-44(30-34-54(51)67)40-16-6-2-7-17-40/h1-38H. The Kier molecular flexibility index (Phi) is 8.79. The van der Waals surface area contributed by atoms with Crippen molar-refractivity contribution in [3.8, 4) is 73.2 Å². The lowest BCUT2D eigenvalue weighted by Crippen LogP contribution is -2.00. The van der Waals surface area contributed by atoms with Crippen LogP contribution in [-0.2, 0) is 0 Å². The van der Waals surface area contributed by atoms with Crippen LogP contribution in [0.1, 0.15) is 0 Å². The van der Waals surface area contributed by atoms with Crippen molar-refractivity contribution >= 4 is 65.7 Å². The molecule has 6 nitrogen and oxygen atoms in total. The van der Waals surface area contributed by atoms with Gasteiger partial charge in [-0.3, -0.25) is 0 Å². The van der Waals surface area contributed by atoms with Crippen molar-refractivity contribution in [2.75, 3.05) is 0 Å². The number of nitrogens with zero attached hydrogens (tertiary/aromatic N) is 4. The summed E-state index contributed by atoms with van der Waals surface area (Å²) in [5, 5.41) is 6.46. The van der Waals surface area contributed by atoms with E-state index >= 15 is 0 Å². The van der Waals surface area contributed by atoms with Crippen LogP contribution in [0.5, 0.6) is 0 Å². The molecular weight excluding hydrogens is 845 g/mol. The monoisotopic (exact) mass is 882 g/mol. The van der Waals surface area contributed by atoms with Crippen molar-refractivity contribution in [2.45, 2.75) is 0 Å². The molecule has 0 radical (unpaired) electrons. The highest BCUT2D eigenvalue weighted by Gasteiger charge is 2.21. The average molecular weight is 883 g/mol. The third-order valence-electron chi connectivity index (χ3n) is 13.5. The van der Waals surface area contributed by atoms with E-state index in [0.29, 0.717) is 17.5 Å². The second-order valence-electron chi connectivity index (χ2n) is 17.5. The fourth-order valence-electron chi connectivity index (χ4n) is 10.2. The van der Waals surface area contributed by atoms with E-state index in [1.165, 1.54) is 21.9 Å². The zero-order valence-corrected chi connectivity index (χ0v) is 37.0. The third-order valence-corrected chi connectivity index (χ3v) is 13.5. The van der Waals surface area contributed by atoms with Crippen molar-refractivity contribution in [2.24, 2.45) is 0 Å². The predicted molar refractivity (Wildman–Crippen MR) is 281 cm³/mol. The van der Waals surface area contributed by atoms with Gasteiger partial charge >= 0.3 is 0 Å². The molecule has 0 aliphatic rings. The van der Waals surface area contributed by atoms with Crippen molar-refractivity contribution in [1.29, 1.82) is 0 Å². The largest absolute Gasteiger partial charge is 0.456 e. The molecule has 69 heavy (non-hydrogen) atoms. The van der Waals surface area contributed by atoms with Crippen LogP contribution < -0.4 is 0 Å². The molecule has 14 rings (SSSR count). The summed E-state index contributed by atoms with van der Waals surface area (Å²) in [6.07, 6.45) is 0. The molecule has 6 heteroatoms. The van der Waals surface area contributed by atoms with Crippen molar-refractivity contribution < 1.29 is 8.83 Å². The van der Waals surface area contributed by atoms with Crippen molar-refractivity contribution in [1.82, 2.24) is 19.5 Å². The summed E-state index contributed by atoms with van der Waals surface area (Å²) in [5.74, 6) is 1.77. The Bertz CT molecular complexity index is 4290. The fourth-order valence-corrected chi connectivity index (χ4v) is 10.2. The summed E-state index contributed by atoms with van der Waals surface area (Å²) in [7, 11) is 0. The lowest BCUT2D eigenvalue weighted by Gasteiger charge is -2.10. The molecule has 0 unspecified atom stereocenters. The highest BCUT2D eigenvalue weighted by Crippen LogP contribution is 2.43. The van der Waals surface area contributed by atoms with Crippen LogP contribution >= 0.6 is 0 Å². The average Bonchev–Trinajstić information content (AvgIpc) is 4.10. The Hall–Kier alpha value is -9.39. The minimum Gasteiger partial charge on any atom is -0.456 e. The molecule has 0 spiro atoms. The first-order valence-corrected chi connectivity index (χ1v) is 23.2. The quantitative estimate of drug-likeness (QED) is 0.159. The molecule has 0 atom stereocenters. The summed E-state index contributed by atoms with van der Waals surface area (Å²) in [6.45, 7) is 0. The van der Waals surface area contributed by atoms with E-state index in [2.05, 4.69) is 187 Å². The molecule has 14 aromatic rings. The first-order chi connectivity index (χ1) is 34.2. The minimum absolute atomic E-state index is 0.573. The Morgan fingerprint density at radius 1 is 0.275 bits per heavy atom. The fraction of sp³-hybridized carbons (Fsp3) is 0. The van der Waals surface area contributed by atoms with Crippen molar-refractivity contribution in [3.63, 3.8) is 0 Å². The van der Waals surface area contributed by atoms with Crippen LogP contribution in [0.2, 0.25) is 0 Å². The minimum atomic E-state index is 0.573. The van der Waals surface area contributed by atoms with Crippen LogP contribution in [0.4, 0.5) is 0 Å². The normalized spacial score (nSPS) is 11.8. The summed E-state index contributed by atoms with van der Waals surface area (Å²) in [5.41, 5.74) is 16.0. The van der Waals surface area contributed by atoms with Gasteiger partial charge in [-0.05, 0) is 88.0 Å². The lowest BCUT2D eigenvalue weighted by atomic mass is 9.97. The number of hydrogen-bond donors (Lipinski definition) is 0. The van der Waals surface area contributed by atoms with Gasteiger partial charge in [-0.25, -0.2) is 15.0 Å². The maximum Gasteiger partial charge on any atom is 0.164 e. The van der Waals surface area contributed by atoms with Crippen LogP contribution in [0.15, 0.2) is 239 Å². The van der Waals surface area contributed by atoms with Gasteiger partial charge in [-0.2, -0.15) is 0 Å². The van der Waals surface area contributed by atoms with Crippen molar-refractivity contribution in [3.05, 3.63) is 231 Å². The summed E-state index contributed by atoms with van der Waals surface area (Å²) in [4.78, 5) is 15.4. The number of aromatic nitrogens is 4. The molecule has 0 N–H and O–H groups in total. The summed E-state index contributed by atoms with van der Waals surface area (Å²) in [6, 6.07) is 80.4. The first kappa shape index (κ1) is 38.8. The Balaban J connectivity index is 0.892. The molecule has 4 aromatic heterocycles. The molecule has 4 heterocycles. The lowest BCUT2D eigenvalue weighted by molar-refractivity contribution is 0.668. The number of furan rings is 2. The van der Waals surface area contributed by atoms with Gasteiger partial charge in [0.25, 0.3) is 0 Å². The van der Waals surface area contributed by atoms with Crippen LogP contribution in [0.3, 0.4) is 0 Å². The molecule has 0 aliphatic heterocycles. The van der Waals surface area contributed by atoms with E-state index in [-0.39, 0.29) is 0 Å². The smallest absolute Gasteiger partial charge is 0.164 e. The van der Waals surface area contributed by atoms with E-state index in [1.54, 1.807) is 0 Å². The zero-order valence-electron chi connectivity index (χ0n) is 37.0. The number of benzene rings is 10. The van der Waals surface area contributed by atoms with E-state index in [1.807, 2.05) is 48.5 Å². The number of fused-ring (bicyclic) bond motifs is 9. The van der Waals surface area contributed by atoms with Crippen LogP contribution in [-0.4, -0.2) is 19.5 Å². The molecule has 10 aromatic carbocycles. The second-order valence-corrected chi connectivity index (χ2v) is 17.5. The second kappa shape index (κ2) is 15.6. The first-order valence-electron chi connectivity index (χ1n) is 23.2. The van der Waals surface area contributed by atoms with Gasteiger partial charge in [0, 0.05) is 60.8 Å². The van der Waals surface area contributed by atoms with E-state index in [4.69, 9.17) is 23.8 Å². The molecule has 0 saturated heterocycles. The highest BCUT2D eigenvalue weighted by molar-refractivity contribution is 6.17. The maximum absolute atomic E-state index is 6.74. The van der Waals surface area contributed by atoms with E-state index in [0.717, 1.165) is 99.5 Å². The molecule has 0 amide bonds. The van der Waals surface area contributed by atoms with Gasteiger partial charge in [-0.1, -0.05) is 170 Å². The third kappa shape index (κ3) is 6.45. The molecule has 0 aliphatic carbocycles. The molecule has 0 bridgehead atoms. The molecular formula is C63H38N4O2. The number of rotatable bonds is 7. The highest BCUT2D eigenvalue weighted by atomic mass is 16.3. The Morgan fingerprint density at radius 3 is 1.54 bits per heavy atom. The Labute approximate surface area is 396 Å². The molecule has 0 saturated carbocycles. The van der Waals surface area contributed by atoms with Gasteiger partial charge < -0.3 is 13.4 Å². The van der Waals surface area contributed by atoms with Gasteiger partial charge in [0.15, 0.2) is 17.5 Å². The number of para-hydroxylation sites is 1. The van der Waals surface area contributed by atoms with Gasteiger partial charge in [0.2, 0.25) is 0 Å². The van der Waals surface area contributed by atoms with E-state index in [9.17, 15) is 0 Å². The summed E-state index contributed by atoms with van der Waals surface area (Å²) < 4.78 is 15.7.